The molecule has 1 aromatic carbocycles. The van der Waals surface area contributed by atoms with Gasteiger partial charge in [-0.05, 0) is 37.0 Å². The van der Waals surface area contributed by atoms with Crippen LogP contribution in [0.15, 0.2) is 18.3 Å². The number of nitrogens with zero attached hydrogens (tertiary/aromatic N) is 3. The van der Waals surface area contributed by atoms with Gasteiger partial charge in [-0.2, -0.15) is 10.1 Å². The molecule has 1 aromatic heterocycles. The minimum absolute atomic E-state index is 0.509. The number of nitrogens with one attached hydrogen (secondary N) is 2. The Morgan fingerprint density at radius 2 is 2.00 bits per heavy atom. The van der Waals surface area contributed by atoms with E-state index in [0.29, 0.717) is 22.7 Å². The summed E-state index contributed by atoms with van der Waals surface area (Å²) in [5.41, 5.74) is 3.04. The van der Waals surface area contributed by atoms with Gasteiger partial charge in [-0.1, -0.05) is 31.5 Å². The van der Waals surface area contributed by atoms with E-state index in [1.165, 1.54) is 0 Å². The fourth-order valence-electron chi connectivity index (χ4n) is 1.94. The van der Waals surface area contributed by atoms with E-state index in [0.717, 1.165) is 23.4 Å². The first-order chi connectivity index (χ1) is 9.95. The largest absolute Gasteiger partial charge is 0.353 e. The molecule has 0 atom stereocenters. The third kappa shape index (κ3) is 4.29. The van der Waals surface area contributed by atoms with Crippen molar-refractivity contribution in [1.29, 1.82) is 0 Å². The van der Waals surface area contributed by atoms with Crippen molar-refractivity contribution < 1.29 is 0 Å². The fraction of sp³-hybridized carbons (Fsp3) is 0.400. The number of rotatable bonds is 5. The van der Waals surface area contributed by atoms with E-state index in [1.54, 1.807) is 6.20 Å². The topological polar surface area (TPSA) is 62.7 Å². The monoisotopic (exact) mass is 305 g/mol. The summed E-state index contributed by atoms with van der Waals surface area (Å²) in [6.45, 7) is 9.07. The molecular formula is C15H20ClN5. The lowest BCUT2D eigenvalue weighted by Crippen LogP contribution is -2.12. The third-order valence-electron chi connectivity index (χ3n) is 2.91. The predicted octanol–water partition coefficient (Wildman–Crippen LogP) is 3.95. The first-order valence-corrected chi connectivity index (χ1v) is 7.31. The molecular weight excluding hydrogens is 286 g/mol. The van der Waals surface area contributed by atoms with Gasteiger partial charge in [-0.15, -0.1) is 5.10 Å². The molecule has 0 spiro atoms. The van der Waals surface area contributed by atoms with Crippen molar-refractivity contribution >= 4 is 29.1 Å². The number of aromatic nitrogens is 3. The van der Waals surface area contributed by atoms with Gasteiger partial charge < -0.3 is 10.6 Å². The molecule has 0 aliphatic carbocycles. The molecule has 0 radical (unpaired) electrons. The first kappa shape index (κ1) is 15.5. The smallest absolute Gasteiger partial charge is 0.244 e. The zero-order chi connectivity index (χ0) is 15.4. The predicted molar refractivity (Wildman–Crippen MR) is 87.4 cm³/mol. The molecule has 0 amide bonds. The second kappa shape index (κ2) is 6.72. The van der Waals surface area contributed by atoms with Gasteiger partial charge in [0.1, 0.15) is 0 Å². The summed E-state index contributed by atoms with van der Waals surface area (Å²) >= 11 is 6.29. The van der Waals surface area contributed by atoms with Crippen LogP contribution in [0.5, 0.6) is 0 Å². The molecule has 0 fully saturated rings. The molecule has 21 heavy (non-hydrogen) atoms. The van der Waals surface area contributed by atoms with Crippen LogP contribution >= 0.6 is 11.6 Å². The second-order valence-corrected chi connectivity index (χ2v) is 5.91. The molecule has 5 nitrogen and oxygen atoms in total. The molecule has 2 rings (SSSR count). The number of hydrogen-bond donors (Lipinski definition) is 2. The van der Waals surface area contributed by atoms with Gasteiger partial charge in [0.2, 0.25) is 5.95 Å². The van der Waals surface area contributed by atoms with Crippen molar-refractivity contribution in [1.82, 2.24) is 15.2 Å². The van der Waals surface area contributed by atoms with Gasteiger partial charge in [-0.25, -0.2) is 0 Å². The van der Waals surface area contributed by atoms with E-state index in [1.807, 2.05) is 19.9 Å². The summed E-state index contributed by atoms with van der Waals surface area (Å²) in [6, 6.07) is 3.99. The van der Waals surface area contributed by atoms with Gasteiger partial charge in [0.05, 0.1) is 16.9 Å². The van der Waals surface area contributed by atoms with E-state index in [9.17, 15) is 0 Å². The van der Waals surface area contributed by atoms with E-state index in [2.05, 4.69) is 45.7 Å². The molecule has 1 heterocycles. The van der Waals surface area contributed by atoms with E-state index in [-0.39, 0.29) is 0 Å². The Morgan fingerprint density at radius 1 is 1.24 bits per heavy atom. The first-order valence-electron chi connectivity index (χ1n) is 6.93. The van der Waals surface area contributed by atoms with Crippen LogP contribution in [0.2, 0.25) is 5.02 Å². The van der Waals surface area contributed by atoms with Crippen LogP contribution in [-0.2, 0) is 0 Å². The molecule has 0 aliphatic heterocycles. The minimum Gasteiger partial charge on any atom is -0.353 e. The summed E-state index contributed by atoms with van der Waals surface area (Å²) in [5.74, 6) is 1.64. The van der Waals surface area contributed by atoms with Crippen LogP contribution in [0.4, 0.5) is 17.5 Å². The summed E-state index contributed by atoms with van der Waals surface area (Å²) in [6.07, 6.45) is 1.58. The van der Waals surface area contributed by atoms with Crippen molar-refractivity contribution in [2.24, 2.45) is 5.92 Å². The van der Waals surface area contributed by atoms with E-state index in [4.69, 9.17) is 11.6 Å². The Hall–Kier alpha value is -1.88. The zero-order valence-corrected chi connectivity index (χ0v) is 13.5. The number of halogens is 1. The Bertz CT molecular complexity index is 604. The van der Waals surface area contributed by atoms with Gasteiger partial charge in [0.15, 0.2) is 5.82 Å². The average Bonchev–Trinajstić information content (AvgIpc) is 2.41. The van der Waals surface area contributed by atoms with Crippen LogP contribution < -0.4 is 10.6 Å². The highest BCUT2D eigenvalue weighted by molar-refractivity contribution is 6.33. The standard InChI is InChI=1S/C15H20ClN5/c1-9(2)7-17-15-20-13(8-18-21-15)19-14-11(4)5-10(3)6-12(14)16/h5-6,8-9H,7H2,1-4H3,(H2,17,19,20,21). The molecule has 6 heteroatoms. The highest BCUT2D eigenvalue weighted by Gasteiger charge is 2.08. The van der Waals surface area contributed by atoms with Crippen molar-refractivity contribution in [2.75, 3.05) is 17.2 Å². The lowest BCUT2D eigenvalue weighted by atomic mass is 10.1. The summed E-state index contributed by atoms with van der Waals surface area (Å²) in [7, 11) is 0. The van der Waals surface area contributed by atoms with Crippen molar-refractivity contribution in [3.63, 3.8) is 0 Å². The maximum Gasteiger partial charge on any atom is 0.244 e. The number of hydrogen-bond acceptors (Lipinski definition) is 5. The normalized spacial score (nSPS) is 10.8. The molecule has 0 aliphatic rings. The van der Waals surface area contributed by atoms with Crippen molar-refractivity contribution in [3.8, 4) is 0 Å². The SMILES string of the molecule is Cc1cc(C)c(Nc2cnnc(NCC(C)C)n2)c(Cl)c1. The average molecular weight is 306 g/mol. The summed E-state index contributed by atoms with van der Waals surface area (Å²) in [5, 5.41) is 15.0. The Labute approximate surface area is 130 Å². The summed E-state index contributed by atoms with van der Waals surface area (Å²) < 4.78 is 0. The zero-order valence-electron chi connectivity index (χ0n) is 12.7. The number of benzene rings is 1. The van der Waals surface area contributed by atoms with Crippen molar-refractivity contribution in [3.05, 3.63) is 34.5 Å². The lowest BCUT2D eigenvalue weighted by Gasteiger charge is -2.12. The highest BCUT2D eigenvalue weighted by atomic mass is 35.5. The van der Waals surface area contributed by atoms with Crippen LogP contribution in [0.25, 0.3) is 0 Å². The van der Waals surface area contributed by atoms with E-state index >= 15 is 0 Å². The molecule has 112 valence electrons. The van der Waals surface area contributed by atoms with Gasteiger partial charge >= 0.3 is 0 Å². The lowest BCUT2D eigenvalue weighted by molar-refractivity contribution is 0.682. The molecule has 0 unspecified atom stereocenters. The fourth-order valence-corrected chi connectivity index (χ4v) is 2.30. The van der Waals surface area contributed by atoms with Crippen LogP contribution in [0.1, 0.15) is 25.0 Å². The molecule has 0 bridgehead atoms. The Balaban J connectivity index is 2.18. The maximum atomic E-state index is 6.29. The highest BCUT2D eigenvalue weighted by Crippen LogP contribution is 2.29. The molecule has 2 N–H and O–H groups in total. The Morgan fingerprint density at radius 3 is 2.67 bits per heavy atom. The van der Waals surface area contributed by atoms with Crippen molar-refractivity contribution in [2.45, 2.75) is 27.7 Å². The number of aryl methyl sites for hydroxylation is 2. The van der Waals surface area contributed by atoms with Crippen LogP contribution in [-0.4, -0.2) is 21.7 Å². The quantitative estimate of drug-likeness (QED) is 0.875. The summed E-state index contributed by atoms with van der Waals surface area (Å²) in [4.78, 5) is 4.39. The van der Waals surface area contributed by atoms with Gasteiger partial charge in [0, 0.05) is 6.54 Å². The Kier molecular flexibility index (Phi) is 4.96. The molecule has 0 saturated heterocycles. The second-order valence-electron chi connectivity index (χ2n) is 5.50. The molecule has 0 saturated carbocycles. The van der Waals surface area contributed by atoms with Gasteiger partial charge in [0.25, 0.3) is 0 Å². The number of anilines is 3. The van der Waals surface area contributed by atoms with Crippen LogP contribution in [0.3, 0.4) is 0 Å². The third-order valence-corrected chi connectivity index (χ3v) is 3.21. The molecule has 2 aromatic rings. The maximum absolute atomic E-state index is 6.29. The van der Waals surface area contributed by atoms with Gasteiger partial charge in [-0.3, -0.25) is 0 Å². The van der Waals surface area contributed by atoms with Crippen LogP contribution in [0, 0.1) is 19.8 Å². The minimum atomic E-state index is 0.509. The van der Waals surface area contributed by atoms with E-state index < -0.39 is 0 Å².